The molecule has 0 spiro atoms. The van der Waals surface area contributed by atoms with E-state index in [1.54, 1.807) is 12.1 Å². The van der Waals surface area contributed by atoms with Gasteiger partial charge >= 0.3 is 0 Å². The molecule has 0 aromatic heterocycles. The van der Waals surface area contributed by atoms with Gasteiger partial charge in [-0.1, -0.05) is 12.1 Å². The molecule has 0 amide bonds. The molecule has 64 valence electrons. The highest BCUT2D eigenvalue weighted by Crippen LogP contribution is 2.11. The Kier molecular flexibility index (Phi) is 3.00. The summed E-state index contributed by atoms with van der Waals surface area (Å²) in [6.45, 7) is 0. The summed E-state index contributed by atoms with van der Waals surface area (Å²) in [6, 6.07) is 8.32. The number of nitriles is 2. The van der Waals surface area contributed by atoms with Gasteiger partial charge < -0.3 is 0 Å². The zero-order valence-electron chi connectivity index (χ0n) is 6.92. The van der Waals surface area contributed by atoms with E-state index in [0.29, 0.717) is 11.1 Å². The molecular weight excluding hydrogens is 167 g/mol. The number of nitrogens with zero attached hydrogens (tertiary/aromatic N) is 2. The summed E-state index contributed by atoms with van der Waals surface area (Å²) < 4.78 is 13.1. The van der Waals surface area contributed by atoms with Crippen LogP contribution in [0.25, 0.3) is 0 Å². The number of halogens is 1. The number of hydrogen-bond donors (Lipinski definition) is 0. The van der Waals surface area contributed by atoms with Crippen molar-refractivity contribution in [3.63, 3.8) is 0 Å². The minimum atomic E-state index is -0.408. The molecule has 3 heteroatoms. The van der Waals surface area contributed by atoms with Crippen LogP contribution < -0.4 is 0 Å². The first kappa shape index (κ1) is 9.22. The first-order valence-corrected chi connectivity index (χ1v) is 3.79. The summed E-state index contributed by atoms with van der Waals surface area (Å²) in [7, 11) is 0. The van der Waals surface area contributed by atoms with Gasteiger partial charge in [0.25, 0.3) is 0 Å². The van der Waals surface area contributed by atoms with E-state index in [1.807, 2.05) is 12.1 Å². The van der Waals surface area contributed by atoms with E-state index in [0.717, 1.165) is 0 Å². The van der Waals surface area contributed by atoms with Crippen molar-refractivity contribution < 1.29 is 4.39 Å². The molecule has 0 aliphatic heterocycles. The second-order valence-electron chi connectivity index (χ2n) is 2.60. The number of rotatable bonds is 2. The summed E-state index contributed by atoms with van der Waals surface area (Å²) >= 11 is 0. The second kappa shape index (κ2) is 4.23. The molecule has 13 heavy (non-hydrogen) atoms. The Morgan fingerprint density at radius 1 is 1.15 bits per heavy atom. The summed E-state index contributed by atoms with van der Waals surface area (Å²) in [5.41, 5.74) is 1.02. The van der Waals surface area contributed by atoms with Gasteiger partial charge in [-0.25, -0.2) is 4.39 Å². The number of benzene rings is 1. The quantitative estimate of drug-likeness (QED) is 0.688. The van der Waals surface area contributed by atoms with Crippen LogP contribution in [0.5, 0.6) is 0 Å². The van der Waals surface area contributed by atoms with Gasteiger partial charge in [-0.15, -0.1) is 0 Å². The van der Waals surface area contributed by atoms with Crippen LogP contribution in [-0.4, -0.2) is 0 Å². The molecule has 0 N–H and O–H groups in total. The van der Waals surface area contributed by atoms with Crippen molar-refractivity contribution in [3.8, 4) is 12.1 Å². The molecule has 0 radical (unpaired) electrons. The fraction of sp³-hybridized carbons (Fsp3) is 0.200. The summed E-state index contributed by atoms with van der Waals surface area (Å²) in [5.74, 6) is -0.408. The maximum atomic E-state index is 13.1. The average molecular weight is 174 g/mol. The molecule has 0 saturated heterocycles. The molecule has 0 atom stereocenters. The van der Waals surface area contributed by atoms with Gasteiger partial charge in [-0.2, -0.15) is 10.5 Å². The van der Waals surface area contributed by atoms with Gasteiger partial charge in [0.2, 0.25) is 0 Å². The first-order valence-electron chi connectivity index (χ1n) is 3.79. The molecule has 1 rings (SSSR count). The normalized spacial score (nSPS) is 8.85. The van der Waals surface area contributed by atoms with Crippen molar-refractivity contribution in [1.29, 1.82) is 10.5 Å². The SMILES string of the molecule is N#CCc1ccc(CC#N)c(F)c1. The van der Waals surface area contributed by atoms with Gasteiger partial charge in [0.1, 0.15) is 5.82 Å². The fourth-order valence-electron chi connectivity index (χ4n) is 1.02. The molecule has 2 nitrogen and oxygen atoms in total. The standard InChI is InChI=1S/C10H7FN2/c11-10-7-8(3-5-12)1-2-9(10)4-6-13/h1-2,7H,3-4H2. The first-order chi connectivity index (χ1) is 6.27. The van der Waals surface area contributed by atoms with Crippen LogP contribution in [0.2, 0.25) is 0 Å². The largest absolute Gasteiger partial charge is 0.207 e. The summed E-state index contributed by atoms with van der Waals surface area (Å²) in [6.07, 6.45) is 0.266. The Bertz CT molecular complexity index is 385. The van der Waals surface area contributed by atoms with Gasteiger partial charge in [-0.05, 0) is 11.6 Å². The Morgan fingerprint density at radius 3 is 2.38 bits per heavy atom. The molecular formula is C10H7FN2. The molecule has 0 aliphatic rings. The van der Waals surface area contributed by atoms with Crippen molar-refractivity contribution in [3.05, 3.63) is 35.1 Å². The van der Waals surface area contributed by atoms with E-state index >= 15 is 0 Å². The molecule has 0 heterocycles. The third-order valence-electron chi connectivity index (χ3n) is 1.67. The third-order valence-corrected chi connectivity index (χ3v) is 1.67. The minimum Gasteiger partial charge on any atom is -0.207 e. The smallest absolute Gasteiger partial charge is 0.127 e. The Labute approximate surface area is 75.8 Å². The summed E-state index contributed by atoms with van der Waals surface area (Å²) in [5, 5.41) is 16.7. The van der Waals surface area contributed by atoms with Crippen molar-refractivity contribution in [2.75, 3.05) is 0 Å². The predicted octanol–water partition coefficient (Wildman–Crippen LogP) is 1.96. The maximum Gasteiger partial charge on any atom is 0.127 e. The molecule has 1 aromatic rings. The van der Waals surface area contributed by atoms with Gasteiger partial charge in [0.15, 0.2) is 0 Å². The molecule has 0 unspecified atom stereocenters. The van der Waals surface area contributed by atoms with E-state index in [4.69, 9.17) is 10.5 Å². The van der Waals surface area contributed by atoms with Crippen molar-refractivity contribution >= 4 is 0 Å². The van der Waals surface area contributed by atoms with Gasteiger partial charge in [-0.3, -0.25) is 0 Å². The molecule has 0 aliphatic carbocycles. The lowest BCUT2D eigenvalue weighted by atomic mass is 10.1. The van der Waals surface area contributed by atoms with Crippen molar-refractivity contribution in [1.82, 2.24) is 0 Å². The highest BCUT2D eigenvalue weighted by Gasteiger charge is 2.02. The van der Waals surface area contributed by atoms with Gasteiger partial charge in [0, 0.05) is 5.56 Å². The van der Waals surface area contributed by atoms with Crippen LogP contribution in [0, 0.1) is 28.5 Å². The Morgan fingerprint density at radius 2 is 1.85 bits per heavy atom. The zero-order valence-corrected chi connectivity index (χ0v) is 6.92. The van der Waals surface area contributed by atoms with E-state index in [-0.39, 0.29) is 12.8 Å². The Hall–Kier alpha value is -1.87. The van der Waals surface area contributed by atoms with Crippen LogP contribution >= 0.6 is 0 Å². The van der Waals surface area contributed by atoms with E-state index in [1.165, 1.54) is 6.07 Å². The van der Waals surface area contributed by atoms with Crippen LogP contribution in [0.1, 0.15) is 11.1 Å². The lowest BCUT2D eigenvalue weighted by Gasteiger charge is -1.99. The van der Waals surface area contributed by atoms with E-state index in [2.05, 4.69) is 0 Å². The van der Waals surface area contributed by atoms with Crippen molar-refractivity contribution in [2.45, 2.75) is 12.8 Å². The van der Waals surface area contributed by atoms with E-state index in [9.17, 15) is 4.39 Å². The highest BCUT2D eigenvalue weighted by atomic mass is 19.1. The molecule has 1 aromatic carbocycles. The number of hydrogen-bond acceptors (Lipinski definition) is 2. The summed E-state index contributed by atoms with van der Waals surface area (Å²) in [4.78, 5) is 0. The Balaban J connectivity index is 2.94. The van der Waals surface area contributed by atoms with Gasteiger partial charge in [0.05, 0.1) is 25.0 Å². The maximum absolute atomic E-state index is 13.1. The highest BCUT2D eigenvalue weighted by molar-refractivity contribution is 5.27. The lowest BCUT2D eigenvalue weighted by Crippen LogP contribution is -1.91. The fourth-order valence-corrected chi connectivity index (χ4v) is 1.02. The third kappa shape index (κ3) is 2.28. The van der Waals surface area contributed by atoms with Crippen molar-refractivity contribution in [2.24, 2.45) is 0 Å². The molecule has 0 bridgehead atoms. The topological polar surface area (TPSA) is 47.6 Å². The van der Waals surface area contributed by atoms with Crippen LogP contribution in [0.3, 0.4) is 0 Å². The molecule has 0 saturated carbocycles. The molecule has 0 fully saturated rings. The average Bonchev–Trinajstić information content (AvgIpc) is 2.10. The van der Waals surface area contributed by atoms with Crippen LogP contribution in [-0.2, 0) is 12.8 Å². The second-order valence-corrected chi connectivity index (χ2v) is 2.60. The predicted molar refractivity (Wildman–Crippen MR) is 45.0 cm³/mol. The lowest BCUT2D eigenvalue weighted by molar-refractivity contribution is 0.613. The monoisotopic (exact) mass is 174 g/mol. The van der Waals surface area contributed by atoms with Crippen LogP contribution in [0.15, 0.2) is 18.2 Å². The van der Waals surface area contributed by atoms with Crippen LogP contribution in [0.4, 0.5) is 4.39 Å². The minimum absolute atomic E-state index is 0.0681. The van der Waals surface area contributed by atoms with E-state index < -0.39 is 5.82 Å². The zero-order chi connectivity index (χ0) is 9.68.